The number of rotatable bonds is 8. The number of halogens is 4. The Kier molecular flexibility index (Phi) is 9.98. The van der Waals surface area contributed by atoms with E-state index < -0.39 is 12.8 Å². The maximum atomic E-state index is 12.3. The monoisotopic (exact) mass is 528 g/mol. The summed E-state index contributed by atoms with van der Waals surface area (Å²) >= 11 is 0. The highest BCUT2D eigenvalue weighted by molar-refractivity contribution is 14.0. The molecule has 0 bridgehead atoms. The molecule has 1 aromatic carbocycles. The van der Waals surface area contributed by atoms with Gasteiger partial charge < -0.3 is 20.1 Å². The van der Waals surface area contributed by atoms with Crippen molar-refractivity contribution in [2.45, 2.75) is 26.2 Å². The number of aromatic nitrogens is 3. The molecule has 0 aliphatic carbocycles. The third-order valence-electron chi connectivity index (χ3n) is 3.60. The molecule has 1 heterocycles. The van der Waals surface area contributed by atoms with Gasteiger partial charge in [0.15, 0.2) is 24.1 Å². The highest BCUT2D eigenvalue weighted by Crippen LogP contribution is 2.30. The zero-order valence-corrected chi connectivity index (χ0v) is 18.6. The van der Waals surface area contributed by atoms with Crippen LogP contribution in [-0.2, 0) is 20.1 Å². The molecule has 0 aliphatic heterocycles. The molecule has 2 aromatic rings. The van der Waals surface area contributed by atoms with E-state index in [0.717, 1.165) is 11.4 Å². The summed E-state index contributed by atoms with van der Waals surface area (Å²) in [6, 6.07) is 4.68. The van der Waals surface area contributed by atoms with Gasteiger partial charge in [-0.2, -0.15) is 18.3 Å². The van der Waals surface area contributed by atoms with Gasteiger partial charge in [-0.05, 0) is 24.6 Å². The lowest BCUT2D eigenvalue weighted by molar-refractivity contribution is -0.153. The Bertz CT molecular complexity index is 798. The van der Waals surface area contributed by atoms with Crippen LogP contribution in [0, 0.1) is 0 Å². The number of benzene rings is 1. The summed E-state index contributed by atoms with van der Waals surface area (Å²) in [5.74, 6) is 1.56. The van der Waals surface area contributed by atoms with Crippen molar-refractivity contribution in [1.29, 1.82) is 0 Å². The topological polar surface area (TPSA) is 85.6 Å². The summed E-state index contributed by atoms with van der Waals surface area (Å²) in [5, 5.41) is 10.3. The van der Waals surface area contributed by atoms with Crippen molar-refractivity contribution < 1.29 is 22.6 Å². The minimum absolute atomic E-state index is 0. The minimum atomic E-state index is -4.41. The molecule has 1 aromatic heterocycles. The van der Waals surface area contributed by atoms with Gasteiger partial charge in [0, 0.05) is 13.6 Å². The van der Waals surface area contributed by atoms with Crippen molar-refractivity contribution in [3.05, 3.63) is 35.9 Å². The quantitative estimate of drug-likeness (QED) is 0.312. The van der Waals surface area contributed by atoms with Gasteiger partial charge in [-0.1, -0.05) is 6.07 Å². The van der Waals surface area contributed by atoms with Crippen molar-refractivity contribution in [2.75, 3.05) is 20.3 Å². The number of hydrogen-bond donors (Lipinski definition) is 2. The molecule has 0 saturated heterocycles. The van der Waals surface area contributed by atoms with Crippen molar-refractivity contribution in [3.63, 3.8) is 0 Å². The second-order valence-electron chi connectivity index (χ2n) is 5.74. The van der Waals surface area contributed by atoms with Gasteiger partial charge in [0.25, 0.3) is 0 Å². The number of hydrogen-bond acceptors (Lipinski definition) is 5. The molecule has 0 aliphatic rings. The van der Waals surface area contributed by atoms with Gasteiger partial charge in [-0.3, -0.25) is 4.68 Å². The zero-order valence-electron chi connectivity index (χ0n) is 16.3. The number of alkyl halides is 3. The van der Waals surface area contributed by atoms with Gasteiger partial charge in [0.1, 0.15) is 12.2 Å². The van der Waals surface area contributed by atoms with E-state index in [1.807, 2.05) is 6.92 Å². The molecule has 8 nitrogen and oxygen atoms in total. The third kappa shape index (κ3) is 8.33. The fourth-order valence-corrected chi connectivity index (χ4v) is 2.24. The number of nitrogens with one attached hydrogen (secondary N) is 2. The fourth-order valence-electron chi connectivity index (χ4n) is 2.24. The van der Waals surface area contributed by atoms with E-state index >= 15 is 0 Å². The molecule has 0 unspecified atom stereocenters. The highest BCUT2D eigenvalue weighted by atomic mass is 127. The predicted octanol–water partition coefficient (Wildman–Crippen LogP) is 2.64. The van der Waals surface area contributed by atoms with Crippen LogP contribution >= 0.6 is 24.0 Å². The molecule has 0 saturated carbocycles. The standard InChI is InChI=1S/C17H23F3N6O2.HI/c1-4-21-16(23-9-15-24-11-25-26(15)2)22-8-12-5-6-13(14(7-12)27-3)28-10-17(18,19)20;/h5-7,11H,4,8-10H2,1-3H3,(H2,21,22,23);1H. The third-order valence-corrected chi connectivity index (χ3v) is 3.60. The van der Waals surface area contributed by atoms with Crippen molar-refractivity contribution >= 4 is 29.9 Å². The lowest BCUT2D eigenvalue weighted by atomic mass is 10.2. The maximum absolute atomic E-state index is 12.3. The second kappa shape index (κ2) is 11.7. The van der Waals surface area contributed by atoms with E-state index in [-0.39, 0.29) is 35.5 Å². The summed E-state index contributed by atoms with van der Waals surface area (Å²) in [6.45, 7) is 1.96. The second-order valence-corrected chi connectivity index (χ2v) is 5.74. The molecule has 0 spiro atoms. The number of aryl methyl sites for hydroxylation is 1. The van der Waals surface area contributed by atoms with Crippen LogP contribution in [0.3, 0.4) is 0 Å². The van der Waals surface area contributed by atoms with E-state index in [9.17, 15) is 13.2 Å². The van der Waals surface area contributed by atoms with Crippen LogP contribution in [0.15, 0.2) is 29.5 Å². The number of guanidine groups is 1. The molecule has 0 atom stereocenters. The normalized spacial score (nSPS) is 11.6. The largest absolute Gasteiger partial charge is 0.493 e. The molecule has 162 valence electrons. The molecule has 0 radical (unpaired) electrons. The average molecular weight is 528 g/mol. The number of aliphatic imine (C=N–C) groups is 1. The average Bonchev–Trinajstić information content (AvgIpc) is 3.06. The highest BCUT2D eigenvalue weighted by Gasteiger charge is 2.29. The van der Waals surface area contributed by atoms with E-state index in [1.54, 1.807) is 23.9 Å². The summed E-state index contributed by atoms with van der Waals surface area (Å²) in [6.07, 6.45) is -2.95. The first kappa shape index (κ1) is 24.8. The molecule has 2 rings (SSSR count). The molecule has 12 heteroatoms. The van der Waals surface area contributed by atoms with Gasteiger partial charge in [0.2, 0.25) is 0 Å². The van der Waals surface area contributed by atoms with Crippen LogP contribution in [0.2, 0.25) is 0 Å². The smallest absolute Gasteiger partial charge is 0.422 e. The summed E-state index contributed by atoms with van der Waals surface area (Å²) in [7, 11) is 3.16. The first-order chi connectivity index (χ1) is 13.3. The Morgan fingerprint density at radius 2 is 2.00 bits per heavy atom. The molecular weight excluding hydrogens is 504 g/mol. The molecule has 0 amide bonds. The Morgan fingerprint density at radius 3 is 2.59 bits per heavy atom. The van der Waals surface area contributed by atoms with Crippen LogP contribution in [0.25, 0.3) is 0 Å². The lowest BCUT2D eigenvalue weighted by Crippen LogP contribution is -2.37. The molecule has 29 heavy (non-hydrogen) atoms. The lowest BCUT2D eigenvalue weighted by Gasteiger charge is -2.14. The first-order valence-electron chi connectivity index (χ1n) is 8.54. The van der Waals surface area contributed by atoms with E-state index in [4.69, 9.17) is 9.47 Å². The van der Waals surface area contributed by atoms with Crippen LogP contribution in [0.5, 0.6) is 11.5 Å². The Balaban J connectivity index is 0.00000420. The Morgan fingerprint density at radius 1 is 1.24 bits per heavy atom. The van der Waals surface area contributed by atoms with E-state index in [1.165, 1.54) is 19.5 Å². The number of ether oxygens (including phenoxy) is 2. The first-order valence-corrected chi connectivity index (χ1v) is 8.54. The maximum Gasteiger partial charge on any atom is 0.422 e. The van der Waals surface area contributed by atoms with Crippen LogP contribution in [-0.4, -0.2) is 47.2 Å². The fraction of sp³-hybridized carbons (Fsp3) is 0.471. The molecule has 2 N–H and O–H groups in total. The van der Waals surface area contributed by atoms with Crippen molar-refractivity contribution in [2.24, 2.45) is 12.0 Å². The summed E-state index contributed by atoms with van der Waals surface area (Å²) in [5.41, 5.74) is 0.757. The summed E-state index contributed by atoms with van der Waals surface area (Å²) < 4.78 is 48.5. The predicted molar refractivity (Wildman–Crippen MR) is 113 cm³/mol. The Labute approximate surface area is 183 Å². The minimum Gasteiger partial charge on any atom is -0.493 e. The van der Waals surface area contributed by atoms with Crippen molar-refractivity contribution in [1.82, 2.24) is 25.4 Å². The van der Waals surface area contributed by atoms with Gasteiger partial charge in [-0.15, -0.1) is 24.0 Å². The SMILES string of the molecule is CCNC(=NCc1ccc(OCC(F)(F)F)c(OC)c1)NCc1ncnn1C.I. The van der Waals surface area contributed by atoms with Gasteiger partial charge in [0.05, 0.1) is 20.2 Å². The van der Waals surface area contributed by atoms with Crippen LogP contribution in [0.1, 0.15) is 18.3 Å². The van der Waals surface area contributed by atoms with Crippen molar-refractivity contribution in [3.8, 4) is 11.5 Å². The zero-order chi connectivity index (χ0) is 20.6. The van der Waals surface area contributed by atoms with Gasteiger partial charge >= 0.3 is 6.18 Å². The summed E-state index contributed by atoms with van der Waals surface area (Å²) in [4.78, 5) is 8.59. The van der Waals surface area contributed by atoms with Crippen LogP contribution in [0.4, 0.5) is 13.2 Å². The number of nitrogens with zero attached hydrogens (tertiary/aromatic N) is 4. The molecule has 0 fully saturated rings. The molecular formula is C17H24F3IN6O2. The van der Waals surface area contributed by atoms with Gasteiger partial charge in [-0.25, -0.2) is 9.98 Å². The van der Waals surface area contributed by atoms with Crippen LogP contribution < -0.4 is 20.1 Å². The number of methoxy groups -OCH3 is 1. The Hall–Kier alpha value is -2.25. The van der Waals surface area contributed by atoms with E-state index in [2.05, 4.69) is 25.7 Å². The van der Waals surface area contributed by atoms with E-state index in [0.29, 0.717) is 25.6 Å².